The van der Waals surface area contributed by atoms with Gasteiger partial charge in [-0.3, -0.25) is 4.90 Å². The molecule has 0 bridgehead atoms. The molecule has 0 unspecified atom stereocenters. The Morgan fingerprint density at radius 1 is 0.771 bits per heavy atom. The Balaban J connectivity index is 1.29. The van der Waals surface area contributed by atoms with E-state index in [4.69, 9.17) is 9.47 Å². The summed E-state index contributed by atoms with van der Waals surface area (Å²) < 4.78 is 13.1. The molecule has 0 N–H and O–H groups in total. The molecule has 0 amide bonds. The van der Waals surface area contributed by atoms with E-state index in [1.54, 1.807) is 0 Å². The van der Waals surface area contributed by atoms with Crippen LogP contribution in [-0.4, -0.2) is 37.7 Å². The molecular formula is C31H35NO2S. The third-order valence-corrected chi connectivity index (χ3v) is 8.07. The maximum Gasteiger partial charge on any atom is 0.119 e. The number of rotatable bonds is 9. The zero-order valence-electron chi connectivity index (χ0n) is 20.7. The van der Waals surface area contributed by atoms with Crippen molar-refractivity contribution >= 4 is 21.4 Å². The highest BCUT2D eigenvalue weighted by Gasteiger charge is 2.15. The molecular weight excluding hydrogens is 450 g/mol. The zero-order valence-corrected chi connectivity index (χ0v) is 21.5. The number of nitrogens with zero attached hydrogens (tertiary/aromatic N) is 1. The predicted octanol–water partition coefficient (Wildman–Crippen LogP) is 7.81. The highest BCUT2D eigenvalue weighted by molar-refractivity contribution is 7.22. The Kier molecular flexibility index (Phi) is 8.02. The van der Waals surface area contributed by atoms with Crippen LogP contribution in [0.5, 0.6) is 11.5 Å². The van der Waals surface area contributed by atoms with Crippen molar-refractivity contribution in [1.82, 2.24) is 4.90 Å². The largest absolute Gasteiger partial charge is 0.494 e. The number of benzene rings is 3. The minimum absolute atomic E-state index is 0.686. The molecule has 4 heteroatoms. The SMILES string of the molecule is CCOc1ccc(-c2sc3ccccc3c2Cc2ccc(OCCN3CCCCCC3)cc2)cc1. The van der Waals surface area contributed by atoms with Crippen LogP contribution < -0.4 is 9.47 Å². The van der Waals surface area contributed by atoms with Crippen LogP contribution in [0.1, 0.15) is 43.7 Å². The van der Waals surface area contributed by atoms with E-state index in [0.29, 0.717) is 6.61 Å². The maximum atomic E-state index is 6.08. The first kappa shape index (κ1) is 23.9. The van der Waals surface area contributed by atoms with Gasteiger partial charge >= 0.3 is 0 Å². The molecule has 1 saturated heterocycles. The van der Waals surface area contributed by atoms with Crippen molar-refractivity contribution in [1.29, 1.82) is 0 Å². The van der Waals surface area contributed by atoms with E-state index in [1.807, 2.05) is 18.3 Å². The highest BCUT2D eigenvalue weighted by atomic mass is 32.1. The average Bonchev–Trinajstić information content (AvgIpc) is 3.05. The third kappa shape index (κ3) is 6.06. The monoisotopic (exact) mass is 485 g/mol. The lowest BCUT2D eigenvalue weighted by Crippen LogP contribution is -2.29. The number of hydrogen-bond acceptors (Lipinski definition) is 4. The van der Waals surface area contributed by atoms with E-state index >= 15 is 0 Å². The Morgan fingerprint density at radius 2 is 1.46 bits per heavy atom. The molecule has 1 aliphatic heterocycles. The molecule has 1 aromatic heterocycles. The summed E-state index contributed by atoms with van der Waals surface area (Å²) in [5.41, 5.74) is 3.95. The Bertz CT molecular complexity index is 1210. The summed E-state index contributed by atoms with van der Waals surface area (Å²) in [6.07, 6.45) is 6.30. The second-order valence-corrected chi connectivity index (χ2v) is 10.3. The fourth-order valence-electron chi connectivity index (χ4n) is 4.94. The second kappa shape index (κ2) is 11.7. The van der Waals surface area contributed by atoms with Gasteiger partial charge in [0.25, 0.3) is 0 Å². The number of ether oxygens (including phenoxy) is 2. The molecule has 3 aromatic carbocycles. The number of fused-ring (bicyclic) bond motifs is 1. The molecule has 2 heterocycles. The van der Waals surface area contributed by atoms with Crippen molar-refractivity contribution in [2.75, 3.05) is 32.8 Å². The van der Waals surface area contributed by atoms with Crippen molar-refractivity contribution in [2.45, 2.75) is 39.0 Å². The minimum atomic E-state index is 0.686. The predicted molar refractivity (Wildman–Crippen MR) is 148 cm³/mol. The van der Waals surface area contributed by atoms with Crippen LogP contribution in [0.3, 0.4) is 0 Å². The van der Waals surface area contributed by atoms with E-state index in [2.05, 4.69) is 77.7 Å². The molecule has 35 heavy (non-hydrogen) atoms. The second-order valence-electron chi connectivity index (χ2n) is 9.29. The van der Waals surface area contributed by atoms with E-state index in [1.165, 1.54) is 70.4 Å². The van der Waals surface area contributed by atoms with E-state index in [-0.39, 0.29) is 0 Å². The highest BCUT2D eigenvalue weighted by Crippen LogP contribution is 2.40. The lowest BCUT2D eigenvalue weighted by molar-refractivity contribution is 0.214. The molecule has 4 aromatic rings. The summed E-state index contributed by atoms with van der Waals surface area (Å²) in [6.45, 7) is 6.92. The molecule has 1 fully saturated rings. The Morgan fingerprint density at radius 3 is 2.20 bits per heavy atom. The quantitative estimate of drug-likeness (QED) is 0.241. The third-order valence-electron chi connectivity index (χ3n) is 6.80. The van der Waals surface area contributed by atoms with Crippen LogP contribution in [0.2, 0.25) is 0 Å². The summed E-state index contributed by atoms with van der Waals surface area (Å²) in [6, 6.07) is 25.9. The molecule has 1 aliphatic rings. The van der Waals surface area contributed by atoms with E-state index in [0.717, 1.165) is 31.1 Å². The first-order valence-corrected chi connectivity index (χ1v) is 13.8. The number of likely N-dealkylation sites (tertiary alicyclic amines) is 1. The van der Waals surface area contributed by atoms with Crippen LogP contribution in [0, 0.1) is 0 Å². The van der Waals surface area contributed by atoms with E-state index < -0.39 is 0 Å². The maximum absolute atomic E-state index is 6.08. The van der Waals surface area contributed by atoms with Crippen LogP contribution in [0.4, 0.5) is 0 Å². The lowest BCUT2D eigenvalue weighted by atomic mass is 9.99. The normalized spacial score (nSPS) is 14.7. The van der Waals surface area contributed by atoms with Crippen molar-refractivity contribution in [3.05, 3.63) is 83.9 Å². The standard InChI is InChI=1S/C31H35NO2S/c1-2-33-26-17-13-25(14-18-26)31-29(28-9-5-6-10-30(28)35-31)23-24-11-15-27(16-12-24)34-22-21-32-19-7-3-4-8-20-32/h5-6,9-18H,2-4,7-8,19-23H2,1H3. The first-order valence-electron chi connectivity index (χ1n) is 13.0. The Labute approximate surface area is 213 Å². The van der Waals surface area contributed by atoms with Crippen LogP contribution in [0.25, 0.3) is 20.5 Å². The van der Waals surface area contributed by atoms with Crippen LogP contribution in [0.15, 0.2) is 72.8 Å². The molecule has 0 radical (unpaired) electrons. The van der Waals surface area contributed by atoms with Gasteiger partial charge in [-0.2, -0.15) is 0 Å². The summed E-state index contributed by atoms with van der Waals surface area (Å²) in [4.78, 5) is 3.89. The molecule has 182 valence electrons. The summed E-state index contributed by atoms with van der Waals surface area (Å²) >= 11 is 1.87. The summed E-state index contributed by atoms with van der Waals surface area (Å²) in [7, 11) is 0. The van der Waals surface area contributed by atoms with Gasteiger partial charge in [-0.1, -0.05) is 43.2 Å². The number of hydrogen-bond donors (Lipinski definition) is 0. The van der Waals surface area contributed by atoms with Crippen LogP contribution >= 0.6 is 11.3 Å². The summed E-state index contributed by atoms with van der Waals surface area (Å²) in [5.74, 6) is 1.89. The smallest absolute Gasteiger partial charge is 0.119 e. The average molecular weight is 486 g/mol. The molecule has 0 saturated carbocycles. The first-order chi connectivity index (χ1) is 17.3. The van der Waals surface area contributed by atoms with Gasteiger partial charge < -0.3 is 9.47 Å². The Hall–Kier alpha value is -2.82. The van der Waals surface area contributed by atoms with Crippen molar-refractivity contribution in [3.63, 3.8) is 0 Å². The molecule has 0 aliphatic carbocycles. The lowest BCUT2D eigenvalue weighted by Gasteiger charge is -2.19. The van der Waals surface area contributed by atoms with Crippen molar-refractivity contribution in [3.8, 4) is 21.9 Å². The topological polar surface area (TPSA) is 21.7 Å². The zero-order chi connectivity index (χ0) is 23.9. The van der Waals surface area contributed by atoms with Gasteiger partial charge in [0.2, 0.25) is 0 Å². The van der Waals surface area contributed by atoms with Gasteiger partial charge in [-0.15, -0.1) is 11.3 Å². The van der Waals surface area contributed by atoms with Crippen LogP contribution in [-0.2, 0) is 6.42 Å². The molecule has 0 spiro atoms. The van der Waals surface area contributed by atoms with Gasteiger partial charge in [-0.25, -0.2) is 0 Å². The fourth-order valence-corrected chi connectivity index (χ4v) is 6.16. The number of thiophene rings is 1. The van der Waals surface area contributed by atoms with Gasteiger partial charge in [0.15, 0.2) is 0 Å². The van der Waals surface area contributed by atoms with E-state index in [9.17, 15) is 0 Å². The molecule has 0 atom stereocenters. The minimum Gasteiger partial charge on any atom is -0.494 e. The molecule has 3 nitrogen and oxygen atoms in total. The van der Waals surface area contributed by atoms with Gasteiger partial charge in [0.1, 0.15) is 18.1 Å². The fraction of sp³-hybridized carbons (Fsp3) is 0.355. The molecule has 5 rings (SSSR count). The van der Waals surface area contributed by atoms with Crippen molar-refractivity contribution in [2.24, 2.45) is 0 Å². The van der Waals surface area contributed by atoms with Gasteiger partial charge in [0, 0.05) is 16.1 Å². The van der Waals surface area contributed by atoms with Gasteiger partial charge in [-0.05, 0) is 104 Å². The van der Waals surface area contributed by atoms with Gasteiger partial charge in [0.05, 0.1) is 6.61 Å². The summed E-state index contributed by atoms with van der Waals surface area (Å²) in [5, 5.41) is 1.35. The van der Waals surface area contributed by atoms with Crippen molar-refractivity contribution < 1.29 is 9.47 Å².